The number of aryl methyl sites for hydroxylation is 1. The summed E-state index contributed by atoms with van der Waals surface area (Å²) in [6.45, 7) is 9.78. The average molecular weight is 557 g/mol. The maximum Gasteiger partial charge on any atom is 0.253 e. The van der Waals surface area contributed by atoms with Crippen LogP contribution in [0.25, 0.3) is 0 Å². The Hall–Kier alpha value is -2.08. The van der Waals surface area contributed by atoms with Gasteiger partial charge >= 0.3 is 0 Å². The maximum absolute atomic E-state index is 13.6. The van der Waals surface area contributed by atoms with Crippen LogP contribution >= 0.6 is 23.2 Å². The number of halogens is 2. The summed E-state index contributed by atoms with van der Waals surface area (Å²) >= 11 is 12.4. The van der Waals surface area contributed by atoms with Crippen LogP contribution in [0.5, 0.6) is 0 Å². The van der Waals surface area contributed by atoms with E-state index in [2.05, 4.69) is 35.0 Å². The Morgan fingerprint density at radius 1 is 1.05 bits per heavy atom. The number of fused-ring (bicyclic) bond motifs is 1. The van der Waals surface area contributed by atoms with Crippen LogP contribution in [-0.4, -0.2) is 54.3 Å². The van der Waals surface area contributed by atoms with Gasteiger partial charge in [-0.1, -0.05) is 62.0 Å². The van der Waals surface area contributed by atoms with Crippen LogP contribution < -0.4 is 5.32 Å². The molecule has 0 saturated carbocycles. The van der Waals surface area contributed by atoms with Gasteiger partial charge in [0.25, 0.3) is 11.8 Å². The van der Waals surface area contributed by atoms with E-state index in [1.807, 2.05) is 12.1 Å². The van der Waals surface area contributed by atoms with Gasteiger partial charge in [-0.25, -0.2) is 0 Å². The van der Waals surface area contributed by atoms with Crippen molar-refractivity contribution >= 4 is 35.0 Å². The quantitative estimate of drug-likeness (QED) is 0.409. The summed E-state index contributed by atoms with van der Waals surface area (Å²) in [4.78, 5) is 31.3. The van der Waals surface area contributed by atoms with Crippen LogP contribution in [0.15, 0.2) is 36.4 Å². The number of hydrogen-bond acceptors (Lipinski definition) is 3. The van der Waals surface area contributed by atoms with Gasteiger partial charge in [0.05, 0.1) is 21.7 Å². The van der Waals surface area contributed by atoms with E-state index in [9.17, 15) is 9.59 Å². The zero-order chi connectivity index (χ0) is 26.9. The predicted octanol–water partition coefficient (Wildman–Crippen LogP) is 6.78. The molecule has 2 heterocycles. The summed E-state index contributed by atoms with van der Waals surface area (Å²) in [6.07, 6.45) is 7.64. The van der Waals surface area contributed by atoms with Gasteiger partial charge in [-0.3, -0.25) is 9.59 Å². The molecule has 3 aliphatic rings. The number of nitrogens with zero attached hydrogens (tertiary/aromatic N) is 2. The molecule has 1 N–H and O–H groups in total. The van der Waals surface area contributed by atoms with Gasteiger partial charge < -0.3 is 15.1 Å². The van der Waals surface area contributed by atoms with Gasteiger partial charge in [-0.2, -0.15) is 0 Å². The van der Waals surface area contributed by atoms with Gasteiger partial charge in [0.1, 0.15) is 0 Å². The fraction of sp³-hybridized carbons (Fsp3) is 0.548. The molecule has 2 aromatic carbocycles. The van der Waals surface area contributed by atoms with Crippen molar-refractivity contribution in [2.24, 2.45) is 11.3 Å². The summed E-state index contributed by atoms with van der Waals surface area (Å²) in [5.41, 5.74) is 3.57. The highest BCUT2D eigenvalue weighted by Gasteiger charge is 2.42. The van der Waals surface area contributed by atoms with Crippen LogP contribution in [0.1, 0.15) is 90.3 Å². The molecule has 5 rings (SSSR count). The summed E-state index contributed by atoms with van der Waals surface area (Å²) in [6, 6.07) is 10.9. The predicted molar refractivity (Wildman–Crippen MR) is 154 cm³/mol. The lowest BCUT2D eigenvalue weighted by molar-refractivity contribution is 0.0701. The highest BCUT2D eigenvalue weighted by atomic mass is 35.5. The first kappa shape index (κ1) is 27.5. The van der Waals surface area contributed by atoms with Crippen LogP contribution in [0, 0.1) is 11.3 Å². The second-order valence-corrected chi connectivity index (χ2v) is 12.3. The van der Waals surface area contributed by atoms with Crippen molar-refractivity contribution < 1.29 is 9.59 Å². The van der Waals surface area contributed by atoms with Crippen molar-refractivity contribution in [3.8, 4) is 0 Å². The number of hydrogen-bond donors (Lipinski definition) is 1. The largest absolute Gasteiger partial charge is 0.345 e. The van der Waals surface area contributed by atoms with E-state index < -0.39 is 0 Å². The number of nitrogens with one attached hydrogen (secondary N) is 1. The molecule has 0 aromatic heterocycles. The monoisotopic (exact) mass is 555 g/mol. The topological polar surface area (TPSA) is 52.6 Å². The molecule has 0 bridgehead atoms. The van der Waals surface area contributed by atoms with Gasteiger partial charge in [0.15, 0.2) is 0 Å². The highest BCUT2D eigenvalue weighted by Crippen LogP contribution is 2.41. The van der Waals surface area contributed by atoms with E-state index in [1.54, 1.807) is 18.2 Å². The molecule has 1 atom stereocenters. The number of amides is 2. The van der Waals surface area contributed by atoms with Crippen LogP contribution in [0.4, 0.5) is 0 Å². The molecule has 7 heteroatoms. The van der Waals surface area contributed by atoms with Gasteiger partial charge in [0.2, 0.25) is 0 Å². The van der Waals surface area contributed by atoms with Gasteiger partial charge in [0, 0.05) is 25.2 Å². The summed E-state index contributed by atoms with van der Waals surface area (Å²) in [7, 11) is 0. The molecule has 2 saturated heterocycles. The fourth-order valence-electron chi connectivity index (χ4n) is 6.62. The zero-order valence-corrected chi connectivity index (χ0v) is 24.1. The van der Waals surface area contributed by atoms with Crippen LogP contribution in [0.3, 0.4) is 0 Å². The van der Waals surface area contributed by atoms with E-state index >= 15 is 0 Å². The molecule has 2 fully saturated rings. The first-order valence-corrected chi connectivity index (χ1v) is 15.0. The minimum Gasteiger partial charge on any atom is -0.345 e. The van der Waals surface area contributed by atoms with Gasteiger partial charge in [-0.15, -0.1) is 0 Å². The van der Waals surface area contributed by atoms with Crippen LogP contribution in [0.2, 0.25) is 10.0 Å². The maximum atomic E-state index is 13.6. The van der Waals surface area contributed by atoms with Crippen molar-refractivity contribution in [2.75, 3.05) is 32.7 Å². The third kappa shape index (κ3) is 5.61. The van der Waals surface area contributed by atoms with Crippen molar-refractivity contribution in [3.05, 3.63) is 68.7 Å². The normalized spacial score (nSPS) is 20.8. The number of carbonyl (C=O) groups excluding carboxylic acids is 2. The lowest BCUT2D eigenvalue weighted by Crippen LogP contribution is -2.43. The molecule has 0 radical (unpaired) electrons. The Labute approximate surface area is 236 Å². The van der Waals surface area contributed by atoms with Crippen molar-refractivity contribution in [1.29, 1.82) is 0 Å². The standard InChI is InChI=1S/C31H39Cl2N3O2/c1-3-21(4-2)19-35-15-12-31(13-16-35)14-17-36(20-31)30(38)23-9-8-22-10-11-27(25(22)18-23)34-29(37)24-6-5-7-26(32)28(24)33/h5-9,18,21,27H,3-4,10-17,19-20H2,1-2H3,(H,34,37). The Morgan fingerprint density at radius 3 is 2.53 bits per heavy atom. The minimum atomic E-state index is -0.246. The molecule has 38 heavy (non-hydrogen) atoms. The first-order chi connectivity index (χ1) is 18.3. The molecule has 1 spiro atoms. The summed E-state index contributed by atoms with van der Waals surface area (Å²) in [5.74, 6) is 0.657. The Bertz CT molecular complexity index is 1190. The minimum absolute atomic E-state index is 0.110. The van der Waals surface area contributed by atoms with Crippen molar-refractivity contribution in [3.63, 3.8) is 0 Å². The summed E-state index contributed by atoms with van der Waals surface area (Å²) in [5, 5.41) is 3.74. The van der Waals surface area contributed by atoms with E-state index in [0.717, 1.165) is 56.9 Å². The molecule has 1 aliphatic carbocycles. The number of likely N-dealkylation sites (tertiary alicyclic amines) is 2. The Morgan fingerprint density at radius 2 is 1.79 bits per heavy atom. The zero-order valence-electron chi connectivity index (χ0n) is 22.6. The summed E-state index contributed by atoms with van der Waals surface area (Å²) < 4.78 is 0. The molecular weight excluding hydrogens is 517 g/mol. The molecule has 5 nitrogen and oxygen atoms in total. The Kier molecular flexibility index (Phi) is 8.37. The third-order valence-corrected chi connectivity index (χ3v) is 10.1. The number of carbonyl (C=O) groups is 2. The second-order valence-electron chi connectivity index (χ2n) is 11.5. The fourth-order valence-corrected chi connectivity index (χ4v) is 7.01. The van der Waals surface area contributed by atoms with Gasteiger partial charge in [-0.05, 0) is 91.9 Å². The van der Waals surface area contributed by atoms with Crippen molar-refractivity contribution in [1.82, 2.24) is 15.1 Å². The highest BCUT2D eigenvalue weighted by molar-refractivity contribution is 6.43. The number of piperidine rings is 1. The number of benzene rings is 2. The lowest BCUT2D eigenvalue weighted by atomic mass is 9.77. The lowest BCUT2D eigenvalue weighted by Gasteiger charge is -2.40. The van der Waals surface area contributed by atoms with E-state index in [4.69, 9.17) is 23.2 Å². The molecule has 204 valence electrons. The molecule has 1 unspecified atom stereocenters. The number of rotatable bonds is 7. The van der Waals surface area contributed by atoms with E-state index in [0.29, 0.717) is 16.1 Å². The second kappa shape index (κ2) is 11.6. The Balaban J connectivity index is 1.22. The first-order valence-electron chi connectivity index (χ1n) is 14.2. The molecule has 2 aromatic rings. The molecule has 2 amide bonds. The van der Waals surface area contributed by atoms with E-state index in [-0.39, 0.29) is 28.3 Å². The van der Waals surface area contributed by atoms with E-state index in [1.165, 1.54) is 37.8 Å². The third-order valence-electron chi connectivity index (χ3n) is 9.29. The molecule has 2 aliphatic heterocycles. The average Bonchev–Trinajstić information content (AvgIpc) is 3.53. The smallest absolute Gasteiger partial charge is 0.253 e. The van der Waals surface area contributed by atoms with Crippen molar-refractivity contribution in [2.45, 2.75) is 64.8 Å². The SMILES string of the molecule is CCC(CC)CN1CCC2(CC1)CCN(C(=O)c1ccc3c(c1)C(NC(=O)c1cccc(Cl)c1Cl)CC3)C2. The van der Waals surface area contributed by atoms with Crippen LogP contribution in [-0.2, 0) is 6.42 Å². The molecular formula is C31H39Cl2N3O2.